The lowest BCUT2D eigenvalue weighted by Crippen LogP contribution is -2.52. The average molecular weight is 554 g/mol. The molecule has 4 rings (SSSR count). The normalized spacial score (nSPS) is 28.3. The average Bonchev–Trinajstić information content (AvgIpc) is 3.36. The SMILES string of the molecule is COc1ccccc1NC(=O)[C@]12CC(=O)[C@@H]3CCCN3C(=O)[C@@H](NC(=O)OC(C)(C)C)CCCCC/C=C\[C@@H]1C2. The highest BCUT2D eigenvalue weighted by molar-refractivity contribution is 6.03. The van der Waals surface area contributed by atoms with Gasteiger partial charge in [-0.15, -0.1) is 0 Å². The number of nitrogens with one attached hydrogen (secondary N) is 2. The van der Waals surface area contributed by atoms with Gasteiger partial charge in [0.05, 0.1) is 24.3 Å². The second-order valence-corrected chi connectivity index (χ2v) is 12.2. The second kappa shape index (κ2) is 12.4. The van der Waals surface area contributed by atoms with Crippen LogP contribution in [-0.4, -0.2) is 59.9 Å². The number of nitrogens with zero attached hydrogens (tertiary/aromatic N) is 1. The van der Waals surface area contributed by atoms with Crippen LogP contribution < -0.4 is 15.4 Å². The molecule has 0 aromatic heterocycles. The first-order valence-electron chi connectivity index (χ1n) is 14.5. The van der Waals surface area contributed by atoms with Crippen molar-refractivity contribution in [2.75, 3.05) is 19.0 Å². The van der Waals surface area contributed by atoms with Crippen molar-refractivity contribution in [3.8, 4) is 5.75 Å². The van der Waals surface area contributed by atoms with Crippen LogP contribution in [0.4, 0.5) is 10.5 Å². The molecule has 40 heavy (non-hydrogen) atoms. The van der Waals surface area contributed by atoms with E-state index >= 15 is 0 Å². The summed E-state index contributed by atoms with van der Waals surface area (Å²) in [4.78, 5) is 55.4. The van der Waals surface area contributed by atoms with Gasteiger partial charge >= 0.3 is 6.09 Å². The fourth-order valence-electron chi connectivity index (χ4n) is 5.87. The molecular formula is C31H43N3O6. The molecule has 1 aromatic carbocycles. The largest absolute Gasteiger partial charge is 0.495 e. The summed E-state index contributed by atoms with van der Waals surface area (Å²) in [6, 6.07) is 5.85. The van der Waals surface area contributed by atoms with Gasteiger partial charge in [-0.2, -0.15) is 0 Å². The summed E-state index contributed by atoms with van der Waals surface area (Å²) in [5.41, 5.74) is -0.985. The molecule has 1 aromatic rings. The zero-order chi connectivity index (χ0) is 28.9. The third-order valence-corrected chi connectivity index (χ3v) is 8.06. The number of anilines is 1. The van der Waals surface area contributed by atoms with Crippen LogP contribution in [0.1, 0.15) is 78.6 Å². The maximum atomic E-state index is 13.8. The monoisotopic (exact) mass is 553 g/mol. The molecule has 3 amide bonds. The number of ether oxygens (including phenoxy) is 2. The van der Waals surface area contributed by atoms with Crippen LogP contribution in [0, 0.1) is 11.3 Å². The summed E-state index contributed by atoms with van der Waals surface area (Å²) in [5.74, 6) is -0.0509. The molecule has 0 spiro atoms. The Morgan fingerprint density at radius 1 is 1.05 bits per heavy atom. The summed E-state index contributed by atoms with van der Waals surface area (Å²) in [6.07, 6.45) is 9.37. The van der Waals surface area contributed by atoms with Gasteiger partial charge in [0.25, 0.3) is 0 Å². The Labute approximate surface area is 237 Å². The van der Waals surface area contributed by atoms with E-state index in [9.17, 15) is 19.2 Å². The highest BCUT2D eigenvalue weighted by Crippen LogP contribution is 2.57. The van der Waals surface area contributed by atoms with Gasteiger partial charge in [-0.05, 0) is 77.3 Å². The second-order valence-electron chi connectivity index (χ2n) is 12.2. The van der Waals surface area contributed by atoms with Gasteiger partial charge in [0.15, 0.2) is 5.78 Å². The zero-order valence-corrected chi connectivity index (χ0v) is 24.2. The number of carbonyl (C=O) groups excluding carboxylic acids is 4. The predicted molar refractivity (Wildman–Crippen MR) is 152 cm³/mol. The molecule has 2 N–H and O–H groups in total. The highest BCUT2D eigenvalue weighted by Gasteiger charge is 2.60. The standard InChI is InChI=1S/C31H43N3O6/c1-30(2,3)40-29(38)33-23-15-9-7-5-6-8-13-21-19-31(21,20-25(35)24-16-12-18-34(24)27(23)36)28(37)32-22-14-10-11-17-26(22)39-4/h8,10-11,13-14,17,21,23-24H,5-7,9,12,15-16,18-20H2,1-4H3,(H,32,37)(H,33,38)/b13-8-/t21-,23+,24+,31-/m1/s1. The van der Waals surface area contributed by atoms with Gasteiger partial charge in [-0.25, -0.2) is 4.79 Å². The Morgan fingerprint density at radius 2 is 1.82 bits per heavy atom. The van der Waals surface area contributed by atoms with E-state index in [1.807, 2.05) is 12.1 Å². The first-order chi connectivity index (χ1) is 19.0. The van der Waals surface area contributed by atoms with Crippen LogP contribution in [-0.2, 0) is 19.1 Å². The Balaban J connectivity index is 1.55. The highest BCUT2D eigenvalue weighted by atomic mass is 16.6. The van der Waals surface area contributed by atoms with Crippen LogP contribution >= 0.6 is 0 Å². The fourth-order valence-corrected chi connectivity index (χ4v) is 5.87. The van der Waals surface area contributed by atoms with Gasteiger partial charge in [0, 0.05) is 13.0 Å². The van der Waals surface area contributed by atoms with Gasteiger partial charge < -0.3 is 25.0 Å². The number of para-hydroxylation sites is 2. The van der Waals surface area contributed by atoms with E-state index in [4.69, 9.17) is 9.47 Å². The molecule has 4 atom stereocenters. The lowest BCUT2D eigenvalue weighted by Gasteiger charge is -2.30. The molecule has 218 valence electrons. The van der Waals surface area contributed by atoms with Crippen LogP contribution in [0.2, 0.25) is 0 Å². The molecule has 1 saturated heterocycles. The lowest BCUT2D eigenvalue weighted by molar-refractivity contribution is -0.140. The number of amides is 3. The number of carbonyl (C=O) groups is 4. The summed E-state index contributed by atoms with van der Waals surface area (Å²) >= 11 is 0. The fraction of sp³-hybridized carbons (Fsp3) is 0.613. The maximum absolute atomic E-state index is 13.8. The molecule has 3 aliphatic rings. The Morgan fingerprint density at radius 3 is 2.58 bits per heavy atom. The van der Waals surface area contributed by atoms with Gasteiger partial charge in [-0.1, -0.05) is 37.1 Å². The van der Waals surface area contributed by atoms with Crippen molar-refractivity contribution in [2.24, 2.45) is 11.3 Å². The predicted octanol–water partition coefficient (Wildman–Crippen LogP) is 5.00. The van der Waals surface area contributed by atoms with Crippen molar-refractivity contribution in [2.45, 2.75) is 96.2 Å². The van der Waals surface area contributed by atoms with E-state index in [1.54, 1.807) is 44.9 Å². The minimum Gasteiger partial charge on any atom is -0.495 e. The van der Waals surface area contributed by atoms with Gasteiger partial charge in [-0.3, -0.25) is 14.4 Å². The number of methoxy groups -OCH3 is 1. The van der Waals surface area contributed by atoms with E-state index < -0.39 is 29.2 Å². The number of hydrogen-bond acceptors (Lipinski definition) is 6. The molecule has 2 heterocycles. The minimum absolute atomic E-state index is 0.0385. The molecule has 0 bridgehead atoms. The van der Waals surface area contributed by atoms with Crippen molar-refractivity contribution in [3.05, 3.63) is 36.4 Å². The number of alkyl carbamates (subject to hydrolysis) is 1. The van der Waals surface area contributed by atoms with Crippen LogP contribution in [0.15, 0.2) is 36.4 Å². The molecular weight excluding hydrogens is 510 g/mol. The Hall–Kier alpha value is -3.36. The number of fused-ring (bicyclic) bond motifs is 2. The molecule has 2 aliphatic heterocycles. The molecule has 9 nitrogen and oxygen atoms in total. The van der Waals surface area contributed by atoms with Crippen LogP contribution in [0.25, 0.3) is 0 Å². The number of rotatable bonds is 4. The minimum atomic E-state index is -0.861. The number of benzene rings is 1. The van der Waals surface area contributed by atoms with Crippen molar-refractivity contribution < 1.29 is 28.7 Å². The smallest absolute Gasteiger partial charge is 0.408 e. The molecule has 0 unspecified atom stereocenters. The van der Waals surface area contributed by atoms with E-state index in [2.05, 4.69) is 22.8 Å². The van der Waals surface area contributed by atoms with E-state index in [-0.39, 0.29) is 29.9 Å². The van der Waals surface area contributed by atoms with Crippen molar-refractivity contribution in [1.29, 1.82) is 0 Å². The first kappa shape index (κ1) is 29.6. The number of ketones is 1. The quantitative estimate of drug-likeness (QED) is 0.507. The van der Waals surface area contributed by atoms with Crippen molar-refractivity contribution >= 4 is 29.4 Å². The van der Waals surface area contributed by atoms with E-state index in [0.717, 1.165) is 25.7 Å². The molecule has 2 fully saturated rings. The summed E-state index contributed by atoms with van der Waals surface area (Å²) in [5, 5.41) is 5.77. The van der Waals surface area contributed by atoms with E-state index in [0.29, 0.717) is 43.7 Å². The Kier molecular flexibility index (Phi) is 9.21. The topological polar surface area (TPSA) is 114 Å². The van der Waals surface area contributed by atoms with E-state index in [1.165, 1.54) is 0 Å². The Bertz CT molecular complexity index is 1140. The van der Waals surface area contributed by atoms with Gasteiger partial charge in [0.1, 0.15) is 17.4 Å². The molecule has 1 aliphatic carbocycles. The number of hydrogen-bond donors (Lipinski definition) is 2. The lowest BCUT2D eigenvalue weighted by atomic mass is 9.91. The first-order valence-corrected chi connectivity index (χ1v) is 14.5. The zero-order valence-electron chi connectivity index (χ0n) is 24.2. The van der Waals surface area contributed by atoms with Crippen molar-refractivity contribution in [3.63, 3.8) is 0 Å². The number of allylic oxidation sites excluding steroid dienone is 2. The summed E-state index contributed by atoms with van der Waals surface area (Å²) in [7, 11) is 1.55. The van der Waals surface area contributed by atoms with Crippen molar-refractivity contribution in [1.82, 2.24) is 10.2 Å². The third-order valence-electron chi connectivity index (χ3n) is 8.06. The molecule has 9 heteroatoms. The maximum Gasteiger partial charge on any atom is 0.408 e. The molecule has 0 radical (unpaired) electrons. The van der Waals surface area contributed by atoms with Crippen LogP contribution in [0.3, 0.4) is 0 Å². The van der Waals surface area contributed by atoms with Gasteiger partial charge in [0.2, 0.25) is 11.8 Å². The summed E-state index contributed by atoms with van der Waals surface area (Å²) < 4.78 is 10.8. The van der Waals surface area contributed by atoms with Crippen LogP contribution in [0.5, 0.6) is 5.75 Å². The summed E-state index contributed by atoms with van der Waals surface area (Å²) in [6.45, 7) is 5.78. The number of Topliss-reactive ketones (excluding diaryl/α,β-unsaturated/α-hetero) is 1. The molecule has 1 saturated carbocycles. The third kappa shape index (κ3) is 7.04.